The molecule has 4 aromatic heterocycles. The van der Waals surface area contributed by atoms with Gasteiger partial charge in [-0.25, -0.2) is 0 Å². The lowest BCUT2D eigenvalue weighted by molar-refractivity contribution is -0.138. The van der Waals surface area contributed by atoms with E-state index in [-0.39, 0.29) is 12.8 Å². The summed E-state index contributed by atoms with van der Waals surface area (Å²) in [6, 6.07) is 4.04. The van der Waals surface area contributed by atoms with Crippen LogP contribution in [0.2, 0.25) is 0 Å². The molecule has 10 nitrogen and oxygen atoms in total. The Morgan fingerprint density at radius 2 is 1.36 bits per heavy atom. The summed E-state index contributed by atoms with van der Waals surface area (Å²) in [4.78, 5) is 37.1. The van der Waals surface area contributed by atoms with E-state index in [9.17, 15) is 19.8 Å². The molecule has 220 valence electrons. The first-order valence-electron chi connectivity index (χ1n) is 13.8. The van der Waals surface area contributed by atoms with Crippen molar-refractivity contribution in [1.29, 1.82) is 0 Å². The van der Waals surface area contributed by atoms with Crippen molar-refractivity contribution < 1.29 is 29.3 Å². The highest BCUT2D eigenvalue weighted by atomic mass is 16.5. The molecule has 10 heteroatoms. The molecule has 0 radical (unpaired) electrons. The van der Waals surface area contributed by atoms with Crippen LogP contribution in [0, 0.1) is 27.7 Å². The number of aromatic nitrogens is 4. The number of carboxylic acids is 2. The minimum atomic E-state index is -0.889. The number of methoxy groups -OCH3 is 2. The standard InChI is InChI=1S/C32H36N4O6/c1-15-11-25-31(41-5)29-16(2)12-26(36-29)32(42-6)30-18(4)20(8-10-28(39)40)24(35-30)14-23-19(7-9-27(37)38)17(3)22(34-23)13-21(15)33-25/h11-14,33-36H,7-10H2,1-6H3,(H,37,38)(H,39,40). The van der Waals surface area contributed by atoms with Crippen LogP contribution in [0.5, 0.6) is 0 Å². The minimum Gasteiger partial charge on any atom is -0.492 e. The average molecular weight is 573 g/mol. The first kappa shape index (κ1) is 28.7. The van der Waals surface area contributed by atoms with Gasteiger partial charge in [-0.2, -0.15) is 0 Å². The number of hydrogen-bond acceptors (Lipinski definition) is 4. The van der Waals surface area contributed by atoms with Gasteiger partial charge in [0, 0.05) is 34.9 Å². The van der Waals surface area contributed by atoms with Crippen LogP contribution < -0.4 is 21.4 Å². The molecular formula is C32H36N4O6. The van der Waals surface area contributed by atoms with Gasteiger partial charge < -0.3 is 39.6 Å². The summed E-state index contributed by atoms with van der Waals surface area (Å²) in [5.74, 6) is -0.543. The van der Waals surface area contributed by atoms with E-state index in [2.05, 4.69) is 19.9 Å². The van der Waals surface area contributed by atoms with Crippen LogP contribution in [0.15, 0.2) is 12.1 Å². The largest absolute Gasteiger partial charge is 0.492 e. The third-order valence-corrected chi connectivity index (χ3v) is 8.04. The molecule has 0 aliphatic carbocycles. The Morgan fingerprint density at radius 3 is 2.00 bits per heavy atom. The number of aryl methyl sites for hydroxylation is 2. The fourth-order valence-electron chi connectivity index (χ4n) is 5.81. The highest BCUT2D eigenvalue weighted by molar-refractivity contribution is 5.70. The van der Waals surface area contributed by atoms with Crippen LogP contribution in [0.1, 0.15) is 69.0 Å². The summed E-state index contributed by atoms with van der Waals surface area (Å²) >= 11 is 0. The molecule has 0 atom stereocenters. The third kappa shape index (κ3) is 5.15. The van der Waals surface area contributed by atoms with Crippen molar-refractivity contribution in [2.45, 2.75) is 53.4 Å². The molecule has 6 N–H and O–H groups in total. The highest BCUT2D eigenvalue weighted by Gasteiger charge is 2.20. The third-order valence-electron chi connectivity index (χ3n) is 8.04. The predicted molar refractivity (Wildman–Crippen MR) is 159 cm³/mol. The Hall–Kier alpha value is -4.86. The lowest BCUT2D eigenvalue weighted by Crippen LogP contribution is -2.17. The molecule has 5 rings (SSSR count). The van der Waals surface area contributed by atoms with Gasteiger partial charge in [-0.1, -0.05) is 0 Å². The maximum Gasteiger partial charge on any atom is 0.303 e. The molecule has 0 spiro atoms. The minimum absolute atomic E-state index is 0.0203. The quantitative estimate of drug-likeness (QED) is 0.189. The van der Waals surface area contributed by atoms with Crippen molar-refractivity contribution in [1.82, 2.24) is 19.9 Å². The number of aliphatic carboxylic acids is 2. The Balaban J connectivity index is 1.94. The van der Waals surface area contributed by atoms with Crippen LogP contribution in [-0.2, 0) is 31.9 Å². The van der Waals surface area contributed by atoms with Gasteiger partial charge in [0.2, 0.25) is 0 Å². The van der Waals surface area contributed by atoms with Gasteiger partial charge in [-0.15, -0.1) is 0 Å². The van der Waals surface area contributed by atoms with Crippen molar-refractivity contribution >= 4 is 35.6 Å². The van der Waals surface area contributed by atoms with E-state index in [0.29, 0.717) is 24.4 Å². The number of H-pyrrole nitrogens is 4. The van der Waals surface area contributed by atoms with Gasteiger partial charge in [0.15, 0.2) is 11.5 Å². The van der Waals surface area contributed by atoms with Crippen molar-refractivity contribution in [3.63, 3.8) is 0 Å². The van der Waals surface area contributed by atoms with E-state index in [1.165, 1.54) is 0 Å². The fourth-order valence-corrected chi connectivity index (χ4v) is 5.81. The molecule has 0 amide bonds. The van der Waals surface area contributed by atoms with Crippen molar-refractivity contribution in [3.05, 3.63) is 89.7 Å². The second-order valence-corrected chi connectivity index (χ2v) is 10.7. The van der Waals surface area contributed by atoms with E-state index in [4.69, 9.17) is 9.47 Å². The van der Waals surface area contributed by atoms with Gasteiger partial charge in [0.05, 0.1) is 36.3 Å². The predicted octanol–water partition coefficient (Wildman–Crippen LogP) is 1.84. The highest BCUT2D eigenvalue weighted by Crippen LogP contribution is 2.24. The first-order valence-corrected chi connectivity index (χ1v) is 13.8. The van der Waals surface area contributed by atoms with E-state index in [0.717, 1.165) is 77.6 Å². The van der Waals surface area contributed by atoms with Gasteiger partial charge >= 0.3 is 11.9 Å². The Kier molecular flexibility index (Phi) is 7.64. The SMILES string of the molecule is COC1=c2cc(C)c([nH]2)=Cc2[nH]c(c(CCC(=O)O)c2C)C=c2[nH]c(c(C)c2CCC(=O)O)=C(OC)c2cc(C)c1[nH]2. The van der Waals surface area contributed by atoms with Crippen molar-refractivity contribution in [3.8, 4) is 0 Å². The van der Waals surface area contributed by atoms with Crippen LogP contribution in [0.4, 0.5) is 0 Å². The molecule has 0 aromatic carbocycles. The number of rotatable bonds is 8. The van der Waals surface area contributed by atoms with E-state index in [1.807, 2.05) is 52.0 Å². The Bertz CT molecular complexity index is 1960. The number of fused-ring (bicyclic) bond motifs is 8. The summed E-state index contributed by atoms with van der Waals surface area (Å²) in [5.41, 5.74) is 8.70. The molecule has 0 fully saturated rings. The molecule has 42 heavy (non-hydrogen) atoms. The average Bonchev–Trinajstić information content (AvgIpc) is 3.64. The molecule has 1 aliphatic heterocycles. The summed E-state index contributed by atoms with van der Waals surface area (Å²) in [7, 11) is 3.24. The number of aromatic amines is 4. The zero-order valence-corrected chi connectivity index (χ0v) is 24.7. The fraction of sp³-hybridized carbons (Fsp3) is 0.312. The molecule has 4 aromatic rings. The number of nitrogens with one attached hydrogen (secondary N) is 4. The van der Waals surface area contributed by atoms with Gasteiger partial charge in [0.25, 0.3) is 0 Å². The van der Waals surface area contributed by atoms with E-state index >= 15 is 0 Å². The number of carboxylic acid groups (broad SMARTS) is 2. The smallest absolute Gasteiger partial charge is 0.303 e. The molecule has 0 saturated carbocycles. The number of carbonyl (C=O) groups is 2. The van der Waals surface area contributed by atoms with Crippen LogP contribution in [0.3, 0.4) is 0 Å². The maximum absolute atomic E-state index is 11.6. The van der Waals surface area contributed by atoms with Crippen molar-refractivity contribution in [2.75, 3.05) is 14.2 Å². The van der Waals surface area contributed by atoms with E-state index < -0.39 is 11.9 Å². The molecule has 0 saturated heterocycles. The Morgan fingerprint density at radius 1 is 0.714 bits per heavy atom. The summed E-state index contributed by atoms with van der Waals surface area (Å²) in [5, 5.41) is 22.1. The van der Waals surface area contributed by atoms with Gasteiger partial charge in [0.1, 0.15) is 0 Å². The second-order valence-electron chi connectivity index (χ2n) is 10.7. The Labute approximate surface area is 242 Å². The van der Waals surface area contributed by atoms with Crippen LogP contribution in [0.25, 0.3) is 23.7 Å². The molecular weight excluding hydrogens is 536 g/mol. The summed E-state index contributed by atoms with van der Waals surface area (Å²) in [6.45, 7) is 7.95. The van der Waals surface area contributed by atoms with Crippen molar-refractivity contribution in [2.24, 2.45) is 0 Å². The second kappa shape index (κ2) is 11.2. The van der Waals surface area contributed by atoms with E-state index in [1.54, 1.807) is 14.2 Å². The molecule has 0 unspecified atom stereocenters. The van der Waals surface area contributed by atoms with Gasteiger partial charge in [-0.3, -0.25) is 9.59 Å². The zero-order valence-electron chi connectivity index (χ0n) is 24.7. The summed E-state index contributed by atoms with van der Waals surface area (Å²) in [6.07, 6.45) is 4.56. The lowest BCUT2D eigenvalue weighted by Gasteiger charge is -2.06. The first-order chi connectivity index (χ1) is 20.0. The number of hydrogen-bond donors (Lipinski definition) is 6. The molecule has 8 bridgehead atoms. The lowest BCUT2D eigenvalue weighted by atomic mass is 10.0. The van der Waals surface area contributed by atoms with Crippen LogP contribution >= 0.6 is 0 Å². The zero-order chi connectivity index (χ0) is 30.3. The normalized spacial score (nSPS) is 12.6. The topological polar surface area (TPSA) is 156 Å². The molecule has 1 aliphatic rings. The molecule has 5 heterocycles. The van der Waals surface area contributed by atoms with Gasteiger partial charge in [-0.05, 0) is 98.2 Å². The maximum atomic E-state index is 11.6. The summed E-state index contributed by atoms with van der Waals surface area (Å²) < 4.78 is 11.9. The monoisotopic (exact) mass is 572 g/mol. The number of ether oxygens (including phenoxy) is 2. The van der Waals surface area contributed by atoms with Crippen LogP contribution in [-0.4, -0.2) is 56.3 Å².